The topological polar surface area (TPSA) is 84.4 Å². The quantitative estimate of drug-likeness (QED) is 0.327. The van der Waals surface area contributed by atoms with Gasteiger partial charge in [0.15, 0.2) is 16.8 Å². The van der Waals surface area contributed by atoms with Gasteiger partial charge in [0.05, 0.1) is 29.3 Å². The molecule has 196 valence electrons. The SMILES string of the molecule is CCOC(=O)C1CCN(c2ncc(C(=O)Nc3nc(-c4cccc(C(F)(F)F)c4F)cs3)cc2F)CC1. The van der Waals surface area contributed by atoms with Crippen LogP contribution in [0.15, 0.2) is 35.8 Å². The zero-order valence-corrected chi connectivity index (χ0v) is 20.3. The van der Waals surface area contributed by atoms with Crippen LogP contribution in [0.4, 0.5) is 32.9 Å². The summed E-state index contributed by atoms with van der Waals surface area (Å²) in [5, 5.41) is 3.71. The Balaban J connectivity index is 1.43. The van der Waals surface area contributed by atoms with Gasteiger partial charge in [-0.1, -0.05) is 6.07 Å². The fourth-order valence-electron chi connectivity index (χ4n) is 3.95. The summed E-state index contributed by atoms with van der Waals surface area (Å²) in [5.74, 6) is -3.42. The van der Waals surface area contributed by atoms with E-state index in [2.05, 4.69) is 15.3 Å². The number of nitrogens with one attached hydrogen (secondary N) is 1. The Morgan fingerprint density at radius 2 is 1.95 bits per heavy atom. The zero-order chi connectivity index (χ0) is 26.7. The highest BCUT2D eigenvalue weighted by Gasteiger charge is 2.35. The van der Waals surface area contributed by atoms with E-state index in [-0.39, 0.29) is 39.7 Å². The van der Waals surface area contributed by atoms with Crippen LogP contribution in [0.3, 0.4) is 0 Å². The molecule has 4 rings (SSSR count). The van der Waals surface area contributed by atoms with Gasteiger partial charge in [-0.05, 0) is 38.0 Å². The lowest BCUT2D eigenvalue weighted by Crippen LogP contribution is -2.38. The predicted octanol–water partition coefficient (Wildman–Crippen LogP) is 5.53. The number of hydrogen-bond donors (Lipinski definition) is 1. The fourth-order valence-corrected chi connectivity index (χ4v) is 4.65. The predicted molar refractivity (Wildman–Crippen MR) is 126 cm³/mol. The minimum absolute atomic E-state index is 0.0117. The van der Waals surface area contributed by atoms with Crippen molar-refractivity contribution in [1.82, 2.24) is 9.97 Å². The molecule has 1 amide bonds. The van der Waals surface area contributed by atoms with E-state index in [1.165, 1.54) is 11.6 Å². The highest BCUT2D eigenvalue weighted by atomic mass is 32.1. The summed E-state index contributed by atoms with van der Waals surface area (Å²) < 4.78 is 73.2. The van der Waals surface area contributed by atoms with E-state index in [0.717, 1.165) is 29.5 Å². The van der Waals surface area contributed by atoms with Crippen molar-refractivity contribution in [2.75, 3.05) is 29.9 Å². The fraction of sp³-hybridized carbons (Fsp3) is 0.333. The Morgan fingerprint density at radius 1 is 1.22 bits per heavy atom. The molecular formula is C24H21F5N4O3S. The summed E-state index contributed by atoms with van der Waals surface area (Å²) in [6.45, 7) is 2.82. The highest BCUT2D eigenvalue weighted by Crippen LogP contribution is 2.36. The summed E-state index contributed by atoms with van der Waals surface area (Å²) in [7, 11) is 0. The number of benzene rings is 1. The van der Waals surface area contributed by atoms with Crippen molar-refractivity contribution in [2.24, 2.45) is 5.92 Å². The Morgan fingerprint density at radius 3 is 2.59 bits per heavy atom. The highest BCUT2D eigenvalue weighted by molar-refractivity contribution is 7.14. The molecule has 0 aliphatic carbocycles. The number of anilines is 2. The smallest absolute Gasteiger partial charge is 0.419 e. The van der Waals surface area contributed by atoms with Crippen LogP contribution in [-0.4, -0.2) is 41.5 Å². The van der Waals surface area contributed by atoms with Gasteiger partial charge in [0.25, 0.3) is 5.91 Å². The van der Waals surface area contributed by atoms with Crippen LogP contribution in [0, 0.1) is 17.6 Å². The van der Waals surface area contributed by atoms with Crippen LogP contribution < -0.4 is 10.2 Å². The van der Waals surface area contributed by atoms with Gasteiger partial charge >= 0.3 is 12.1 Å². The van der Waals surface area contributed by atoms with Crippen molar-refractivity contribution < 1.29 is 36.3 Å². The van der Waals surface area contributed by atoms with Gasteiger partial charge in [0.2, 0.25) is 0 Å². The van der Waals surface area contributed by atoms with Crippen molar-refractivity contribution in [3.63, 3.8) is 0 Å². The minimum Gasteiger partial charge on any atom is -0.466 e. The Bertz CT molecular complexity index is 1310. The zero-order valence-electron chi connectivity index (χ0n) is 19.4. The number of pyridine rings is 1. The molecule has 7 nitrogen and oxygen atoms in total. The number of piperidine rings is 1. The molecular weight excluding hydrogens is 519 g/mol. The number of alkyl halides is 3. The van der Waals surface area contributed by atoms with Crippen molar-refractivity contribution in [3.05, 3.63) is 58.6 Å². The number of nitrogens with zero attached hydrogens (tertiary/aromatic N) is 3. The van der Waals surface area contributed by atoms with E-state index in [1.807, 2.05) is 0 Å². The molecule has 0 spiro atoms. The van der Waals surface area contributed by atoms with Crippen LogP contribution in [-0.2, 0) is 15.7 Å². The second-order valence-electron chi connectivity index (χ2n) is 8.20. The monoisotopic (exact) mass is 540 g/mol. The normalized spacial score (nSPS) is 14.5. The number of amides is 1. The molecule has 1 saturated heterocycles. The summed E-state index contributed by atoms with van der Waals surface area (Å²) >= 11 is 0.874. The second-order valence-corrected chi connectivity index (χ2v) is 9.06. The van der Waals surface area contributed by atoms with Gasteiger partial charge in [0, 0.05) is 30.2 Å². The van der Waals surface area contributed by atoms with Crippen molar-refractivity contribution >= 4 is 34.2 Å². The molecule has 3 aromatic rings. The van der Waals surface area contributed by atoms with E-state index in [9.17, 15) is 31.5 Å². The number of rotatable bonds is 6. The third kappa shape index (κ3) is 5.87. The van der Waals surface area contributed by atoms with E-state index in [4.69, 9.17) is 4.74 Å². The van der Waals surface area contributed by atoms with Gasteiger partial charge in [-0.3, -0.25) is 14.9 Å². The lowest BCUT2D eigenvalue weighted by Gasteiger charge is -2.31. The molecule has 0 radical (unpaired) electrons. The van der Waals surface area contributed by atoms with Crippen LogP contribution in [0.25, 0.3) is 11.3 Å². The maximum atomic E-state index is 14.8. The maximum Gasteiger partial charge on any atom is 0.419 e. The third-order valence-electron chi connectivity index (χ3n) is 5.80. The number of thiazole rings is 1. The standard InChI is InChI=1S/C24H21F5N4O3S/c1-2-36-22(35)13-6-8-33(9-7-13)20-17(25)10-14(11-30-20)21(34)32-23-31-18(12-37-23)15-4-3-5-16(19(15)26)24(27,28)29/h3-5,10-13H,2,6-9H2,1H3,(H,31,32,34). The van der Waals surface area contributed by atoms with Crippen LogP contribution in [0.2, 0.25) is 0 Å². The molecule has 1 aliphatic rings. The van der Waals surface area contributed by atoms with Crippen LogP contribution in [0.5, 0.6) is 0 Å². The number of carbonyl (C=O) groups excluding carboxylic acids is 2. The molecule has 13 heteroatoms. The van der Waals surface area contributed by atoms with E-state index in [0.29, 0.717) is 38.6 Å². The Hall–Kier alpha value is -3.61. The first-order chi connectivity index (χ1) is 17.6. The number of halogens is 5. The molecule has 1 aliphatic heterocycles. The first-order valence-electron chi connectivity index (χ1n) is 11.3. The number of aromatic nitrogens is 2. The van der Waals surface area contributed by atoms with Gasteiger partial charge in [0.1, 0.15) is 5.82 Å². The summed E-state index contributed by atoms with van der Waals surface area (Å²) in [4.78, 5) is 34.2. The average Bonchev–Trinajstić information content (AvgIpc) is 3.31. The molecule has 2 aromatic heterocycles. The second kappa shape index (κ2) is 10.8. The number of ether oxygens (including phenoxy) is 1. The van der Waals surface area contributed by atoms with Crippen molar-refractivity contribution in [2.45, 2.75) is 25.9 Å². The average molecular weight is 541 g/mol. The molecule has 1 N–H and O–H groups in total. The third-order valence-corrected chi connectivity index (χ3v) is 6.56. The largest absolute Gasteiger partial charge is 0.466 e. The minimum atomic E-state index is -4.87. The molecule has 0 atom stereocenters. The van der Waals surface area contributed by atoms with Gasteiger partial charge in [-0.15, -0.1) is 11.3 Å². The van der Waals surface area contributed by atoms with E-state index >= 15 is 0 Å². The maximum absolute atomic E-state index is 14.8. The van der Waals surface area contributed by atoms with E-state index in [1.54, 1.807) is 11.8 Å². The summed E-state index contributed by atoms with van der Waals surface area (Å²) in [6.07, 6.45) is -2.71. The molecule has 0 bridgehead atoms. The van der Waals surface area contributed by atoms with Gasteiger partial charge in [-0.2, -0.15) is 13.2 Å². The molecule has 0 saturated carbocycles. The van der Waals surface area contributed by atoms with E-state index < -0.39 is 29.3 Å². The van der Waals surface area contributed by atoms with Crippen LogP contribution in [0.1, 0.15) is 35.7 Å². The Labute approximate surface area is 212 Å². The summed E-state index contributed by atoms with van der Waals surface area (Å²) in [5.41, 5.74) is -1.98. The van der Waals surface area contributed by atoms with Crippen molar-refractivity contribution in [1.29, 1.82) is 0 Å². The lowest BCUT2D eigenvalue weighted by molar-refractivity contribution is -0.148. The van der Waals surface area contributed by atoms with Crippen molar-refractivity contribution in [3.8, 4) is 11.3 Å². The first-order valence-corrected chi connectivity index (χ1v) is 12.2. The van der Waals surface area contributed by atoms with Gasteiger partial charge < -0.3 is 9.64 Å². The van der Waals surface area contributed by atoms with Gasteiger partial charge in [-0.25, -0.2) is 18.7 Å². The molecule has 1 fully saturated rings. The number of hydrogen-bond acceptors (Lipinski definition) is 7. The summed E-state index contributed by atoms with van der Waals surface area (Å²) in [6, 6.07) is 3.85. The number of carbonyl (C=O) groups is 2. The molecule has 37 heavy (non-hydrogen) atoms. The van der Waals surface area contributed by atoms with Crippen LogP contribution >= 0.6 is 11.3 Å². The molecule has 3 heterocycles. The number of esters is 1. The molecule has 1 aromatic carbocycles. The first kappa shape index (κ1) is 26.5. The Kier molecular flexibility index (Phi) is 7.71. The molecule has 0 unspecified atom stereocenters. The lowest BCUT2D eigenvalue weighted by atomic mass is 9.97.